The van der Waals surface area contributed by atoms with E-state index in [1.165, 1.54) is 0 Å². The van der Waals surface area contributed by atoms with Gasteiger partial charge in [0, 0.05) is 12.1 Å². The van der Waals surface area contributed by atoms with Crippen molar-refractivity contribution in [1.82, 2.24) is 4.90 Å². The number of carbonyl (C=O) groups is 1. The summed E-state index contributed by atoms with van der Waals surface area (Å²) in [4.78, 5) is 17.0. The molecule has 1 aliphatic rings. The summed E-state index contributed by atoms with van der Waals surface area (Å²) < 4.78 is 4.98. The van der Waals surface area contributed by atoms with Crippen molar-refractivity contribution in [3.63, 3.8) is 0 Å². The average Bonchev–Trinajstić information content (AvgIpc) is 2.71. The molecule has 1 fully saturated rings. The molecule has 6 nitrogen and oxygen atoms in total. The van der Waals surface area contributed by atoms with Gasteiger partial charge in [-0.05, 0) is 12.8 Å². The van der Waals surface area contributed by atoms with Crippen molar-refractivity contribution in [1.29, 1.82) is 0 Å². The summed E-state index contributed by atoms with van der Waals surface area (Å²) in [6.45, 7) is 5.58. The number of amides is 1. The summed E-state index contributed by atoms with van der Waals surface area (Å²) in [5.41, 5.74) is -0.606. The monoisotopic (exact) mass is 257 g/mol. The van der Waals surface area contributed by atoms with Gasteiger partial charge in [0.25, 0.3) is 0 Å². The summed E-state index contributed by atoms with van der Waals surface area (Å²) in [5.74, 6) is -0.239. The van der Waals surface area contributed by atoms with E-state index in [1.54, 1.807) is 25.7 Å². The van der Waals surface area contributed by atoms with E-state index in [4.69, 9.17) is 9.84 Å². The lowest BCUT2D eigenvalue weighted by Crippen LogP contribution is -2.40. The maximum atomic E-state index is 11.8. The maximum Gasteiger partial charge on any atom is 0.244 e. The fourth-order valence-electron chi connectivity index (χ4n) is 1.87. The van der Waals surface area contributed by atoms with E-state index in [9.17, 15) is 9.90 Å². The van der Waals surface area contributed by atoms with Crippen molar-refractivity contribution in [2.45, 2.75) is 45.3 Å². The molecule has 1 atom stereocenters. The highest BCUT2D eigenvalue weighted by molar-refractivity contribution is 5.80. The summed E-state index contributed by atoms with van der Waals surface area (Å²) in [6, 6.07) is -0.133. The van der Waals surface area contributed by atoms with Crippen LogP contribution in [0.3, 0.4) is 0 Å². The van der Waals surface area contributed by atoms with Crippen LogP contribution in [-0.2, 0) is 9.53 Å². The lowest BCUT2D eigenvalue weighted by atomic mass is 10.2. The number of rotatable bonds is 3. The van der Waals surface area contributed by atoms with Crippen LogP contribution in [0.15, 0.2) is 4.99 Å². The molecule has 1 N–H and O–H groups in total. The number of aliphatic hydroxyl groups is 1. The normalized spacial score (nSPS) is 21.2. The van der Waals surface area contributed by atoms with Crippen molar-refractivity contribution >= 4 is 12.0 Å². The van der Waals surface area contributed by atoms with Crippen LogP contribution in [0.2, 0.25) is 0 Å². The zero-order valence-electron chi connectivity index (χ0n) is 11.2. The molecule has 0 aliphatic carbocycles. The Bertz CT molecular complexity index is 323. The largest absolute Gasteiger partial charge is 0.595 e. The molecule has 1 aliphatic heterocycles. The molecule has 0 aromatic heterocycles. The second-order valence-corrected chi connectivity index (χ2v) is 5.36. The van der Waals surface area contributed by atoms with Gasteiger partial charge in [0.1, 0.15) is 12.6 Å². The number of ether oxygens (including phenoxy) is 1. The molecule has 1 rings (SSSR count). The minimum absolute atomic E-state index is 0.0435. The molecule has 0 spiro atoms. The molecule has 18 heavy (non-hydrogen) atoms. The number of aliphatic hydroxyl groups excluding tert-OH is 1. The third-order valence-corrected chi connectivity index (χ3v) is 2.65. The highest BCUT2D eigenvalue weighted by Gasteiger charge is 2.27. The van der Waals surface area contributed by atoms with E-state index in [1.807, 2.05) is 0 Å². The number of hydrogen-bond acceptors (Lipinski definition) is 5. The Hall–Kier alpha value is -1.30. The van der Waals surface area contributed by atoms with E-state index < -0.39 is 11.7 Å². The van der Waals surface area contributed by atoms with Gasteiger partial charge in [0.2, 0.25) is 5.91 Å². The first kappa shape index (κ1) is 14.8. The average molecular weight is 257 g/mol. The Morgan fingerprint density at radius 2 is 2.22 bits per heavy atom. The summed E-state index contributed by atoms with van der Waals surface area (Å²) in [5, 5.41) is 20.4. The molecule has 1 amide bonds. The Morgan fingerprint density at radius 3 is 2.78 bits per heavy atom. The first-order chi connectivity index (χ1) is 8.33. The van der Waals surface area contributed by atoms with Gasteiger partial charge in [-0.3, -0.25) is 9.79 Å². The molecule has 1 saturated heterocycles. The first-order valence-corrected chi connectivity index (χ1v) is 6.14. The Morgan fingerprint density at radius 1 is 1.56 bits per heavy atom. The second-order valence-electron chi connectivity index (χ2n) is 5.36. The molecular weight excluding hydrogens is 236 g/mol. The van der Waals surface area contributed by atoms with Crippen LogP contribution in [0.4, 0.5) is 0 Å². The van der Waals surface area contributed by atoms with Crippen LogP contribution >= 0.6 is 0 Å². The predicted octanol–water partition coefficient (Wildman–Crippen LogP) is -0.499. The molecule has 0 bridgehead atoms. The Labute approximate surface area is 107 Å². The number of carbonyl (C=O) groups excluding carboxylic acids is 1. The quantitative estimate of drug-likeness (QED) is 0.545. The third kappa shape index (κ3) is 4.52. The Balaban J connectivity index is 2.47. The SMILES string of the molecule is CC(C)(C)OC([O-])=NCC(=O)N1CCC[C@@H]1CO. The smallest absolute Gasteiger partial charge is 0.244 e. The van der Waals surface area contributed by atoms with Crippen LogP contribution in [-0.4, -0.2) is 53.3 Å². The van der Waals surface area contributed by atoms with Crippen molar-refractivity contribution < 1.29 is 19.7 Å². The standard InChI is InChI=1S/C12H22N2O4/c1-12(2,3)18-11(17)13-7-10(16)14-6-4-5-9(14)8-15/h9,15H,4-8H2,1-3H3,(H,13,17)/p-1/t9-/m1/s1. The van der Waals surface area contributed by atoms with Crippen LogP contribution < -0.4 is 5.11 Å². The van der Waals surface area contributed by atoms with Crippen LogP contribution in [0.1, 0.15) is 33.6 Å². The highest BCUT2D eigenvalue weighted by Crippen LogP contribution is 2.16. The van der Waals surface area contributed by atoms with E-state index in [0.717, 1.165) is 12.8 Å². The fourth-order valence-corrected chi connectivity index (χ4v) is 1.87. The number of hydrogen-bond donors (Lipinski definition) is 1. The topological polar surface area (TPSA) is 85.2 Å². The zero-order valence-corrected chi connectivity index (χ0v) is 11.2. The summed E-state index contributed by atoms with van der Waals surface area (Å²) >= 11 is 0. The number of nitrogens with zero attached hydrogens (tertiary/aromatic N) is 2. The van der Waals surface area contributed by atoms with E-state index in [0.29, 0.717) is 6.54 Å². The highest BCUT2D eigenvalue weighted by atomic mass is 16.6. The Kier molecular flexibility index (Phi) is 4.95. The first-order valence-electron chi connectivity index (χ1n) is 6.14. The lowest BCUT2D eigenvalue weighted by molar-refractivity contribution is -0.260. The van der Waals surface area contributed by atoms with E-state index in [2.05, 4.69) is 4.99 Å². The number of aliphatic imine (C=N–C) groups is 1. The van der Waals surface area contributed by atoms with Gasteiger partial charge in [0.15, 0.2) is 0 Å². The number of likely N-dealkylation sites (tertiary alicyclic amines) is 1. The zero-order chi connectivity index (χ0) is 13.8. The minimum Gasteiger partial charge on any atom is -0.595 e. The molecule has 104 valence electrons. The van der Waals surface area contributed by atoms with E-state index >= 15 is 0 Å². The molecule has 0 unspecified atom stereocenters. The van der Waals surface area contributed by atoms with Gasteiger partial charge in [-0.25, -0.2) is 0 Å². The summed E-state index contributed by atoms with van der Waals surface area (Å²) in [6.07, 6.45) is 0.952. The van der Waals surface area contributed by atoms with Crippen molar-refractivity contribution in [2.24, 2.45) is 4.99 Å². The van der Waals surface area contributed by atoms with Crippen LogP contribution in [0.5, 0.6) is 0 Å². The van der Waals surface area contributed by atoms with Crippen LogP contribution in [0.25, 0.3) is 0 Å². The molecule has 0 radical (unpaired) electrons. The van der Waals surface area contributed by atoms with E-state index in [-0.39, 0.29) is 25.1 Å². The molecule has 1 heterocycles. The van der Waals surface area contributed by atoms with Crippen molar-refractivity contribution in [2.75, 3.05) is 19.7 Å². The van der Waals surface area contributed by atoms with Gasteiger partial charge in [0.05, 0.1) is 12.6 Å². The van der Waals surface area contributed by atoms with Gasteiger partial charge >= 0.3 is 0 Å². The fraction of sp³-hybridized carbons (Fsp3) is 0.833. The van der Waals surface area contributed by atoms with Crippen LogP contribution in [0, 0.1) is 0 Å². The van der Waals surface area contributed by atoms with Crippen molar-refractivity contribution in [3.05, 3.63) is 0 Å². The molecule has 0 aromatic rings. The second kappa shape index (κ2) is 6.04. The van der Waals surface area contributed by atoms with Gasteiger partial charge < -0.3 is 19.8 Å². The van der Waals surface area contributed by atoms with Gasteiger partial charge in [-0.1, -0.05) is 20.8 Å². The van der Waals surface area contributed by atoms with Gasteiger partial charge in [-0.15, -0.1) is 0 Å². The molecule has 0 aromatic carbocycles. The third-order valence-electron chi connectivity index (χ3n) is 2.65. The molecular formula is C12H21N2O4-. The summed E-state index contributed by atoms with van der Waals surface area (Å²) in [7, 11) is 0. The maximum absolute atomic E-state index is 11.8. The minimum atomic E-state index is -0.726. The lowest BCUT2D eigenvalue weighted by Gasteiger charge is -2.29. The molecule has 6 heteroatoms. The van der Waals surface area contributed by atoms with Crippen molar-refractivity contribution in [3.8, 4) is 0 Å². The predicted molar refractivity (Wildman–Crippen MR) is 65.0 cm³/mol. The molecule has 0 saturated carbocycles. The van der Waals surface area contributed by atoms with Gasteiger partial charge in [-0.2, -0.15) is 0 Å².